The van der Waals surface area contributed by atoms with Crippen molar-refractivity contribution in [2.45, 2.75) is 6.92 Å². The van der Waals surface area contributed by atoms with Gasteiger partial charge >= 0.3 is 0 Å². The molecule has 5 nitrogen and oxygen atoms in total. The number of methoxy groups -OCH3 is 1. The summed E-state index contributed by atoms with van der Waals surface area (Å²) in [5.41, 5.74) is 0.991. The molecule has 0 fully saturated rings. The average molecular weight is 251 g/mol. The summed E-state index contributed by atoms with van der Waals surface area (Å²) in [6, 6.07) is 3.07. The van der Waals surface area contributed by atoms with Crippen LogP contribution in [0.15, 0.2) is 12.1 Å². The molecule has 7 heteroatoms. The molecule has 3 N–H and O–H groups in total. The summed E-state index contributed by atoms with van der Waals surface area (Å²) in [7, 11) is -2.40. The SMILES string of the molecule is COc1cc(Cl)c(C)cc1NS(N)(=O)=O. The van der Waals surface area contributed by atoms with Gasteiger partial charge in [0.2, 0.25) is 0 Å². The maximum absolute atomic E-state index is 10.8. The van der Waals surface area contributed by atoms with E-state index in [0.29, 0.717) is 10.8 Å². The van der Waals surface area contributed by atoms with Crippen LogP contribution in [0.3, 0.4) is 0 Å². The van der Waals surface area contributed by atoms with Crippen LogP contribution >= 0.6 is 11.6 Å². The second-order valence-electron chi connectivity index (χ2n) is 2.95. The van der Waals surface area contributed by atoms with E-state index >= 15 is 0 Å². The largest absolute Gasteiger partial charge is 0.495 e. The highest BCUT2D eigenvalue weighted by Crippen LogP contribution is 2.31. The number of aryl methyl sites for hydroxylation is 1. The summed E-state index contributed by atoms with van der Waals surface area (Å²) >= 11 is 5.85. The van der Waals surface area contributed by atoms with Gasteiger partial charge in [0.1, 0.15) is 5.75 Å². The van der Waals surface area contributed by atoms with E-state index in [-0.39, 0.29) is 5.69 Å². The number of hydrogen-bond donors (Lipinski definition) is 2. The zero-order chi connectivity index (χ0) is 11.6. The fraction of sp³-hybridized carbons (Fsp3) is 0.250. The molecule has 0 amide bonds. The highest BCUT2D eigenvalue weighted by molar-refractivity contribution is 7.90. The van der Waals surface area contributed by atoms with E-state index in [4.69, 9.17) is 21.5 Å². The number of benzene rings is 1. The van der Waals surface area contributed by atoms with Crippen LogP contribution in [-0.2, 0) is 10.2 Å². The van der Waals surface area contributed by atoms with Gasteiger partial charge in [0, 0.05) is 11.1 Å². The minimum Gasteiger partial charge on any atom is -0.495 e. The maximum atomic E-state index is 10.8. The zero-order valence-electron chi connectivity index (χ0n) is 8.24. The highest BCUT2D eigenvalue weighted by atomic mass is 35.5. The van der Waals surface area contributed by atoms with Crippen LogP contribution in [-0.4, -0.2) is 15.5 Å². The van der Waals surface area contributed by atoms with E-state index in [9.17, 15) is 8.42 Å². The molecule has 0 unspecified atom stereocenters. The average Bonchev–Trinajstić information content (AvgIpc) is 2.08. The number of halogens is 1. The van der Waals surface area contributed by atoms with Gasteiger partial charge in [0.15, 0.2) is 0 Å². The molecule has 1 aromatic rings. The summed E-state index contributed by atoms with van der Waals surface area (Å²) in [4.78, 5) is 0. The van der Waals surface area contributed by atoms with Gasteiger partial charge in [-0.3, -0.25) is 4.72 Å². The first-order valence-corrected chi connectivity index (χ1v) is 5.90. The Labute approximate surface area is 93.4 Å². The Morgan fingerprint density at radius 1 is 1.47 bits per heavy atom. The van der Waals surface area contributed by atoms with Crippen LogP contribution in [0.2, 0.25) is 5.02 Å². The summed E-state index contributed by atoms with van der Waals surface area (Å²) in [6.07, 6.45) is 0. The number of ether oxygens (including phenoxy) is 1. The fourth-order valence-corrected chi connectivity index (χ4v) is 1.68. The minimum absolute atomic E-state index is 0.266. The molecule has 0 aliphatic heterocycles. The lowest BCUT2D eigenvalue weighted by atomic mass is 10.2. The molecule has 84 valence electrons. The topological polar surface area (TPSA) is 81.4 Å². The summed E-state index contributed by atoms with van der Waals surface area (Å²) in [6.45, 7) is 1.75. The summed E-state index contributed by atoms with van der Waals surface area (Å²) < 4.78 is 28.8. The van der Waals surface area contributed by atoms with Crippen LogP contribution < -0.4 is 14.6 Å². The molecular formula is C8H11ClN2O3S. The van der Waals surface area contributed by atoms with Crippen molar-refractivity contribution in [1.29, 1.82) is 0 Å². The minimum atomic E-state index is -3.81. The Hall–Kier alpha value is -0.980. The quantitative estimate of drug-likeness (QED) is 0.848. The predicted octanol–water partition coefficient (Wildman–Crippen LogP) is 1.27. The molecule has 1 rings (SSSR count). The summed E-state index contributed by atoms with van der Waals surface area (Å²) in [5.74, 6) is 0.319. The van der Waals surface area contributed by atoms with Crippen molar-refractivity contribution in [2.24, 2.45) is 5.14 Å². The summed E-state index contributed by atoms with van der Waals surface area (Å²) in [5, 5.41) is 5.34. The Bertz CT molecular complexity index is 473. The van der Waals surface area contributed by atoms with Gasteiger partial charge in [-0.15, -0.1) is 0 Å². The third kappa shape index (κ3) is 3.26. The van der Waals surface area contributed by atoms with Crippen molar-refractivity contribution in [2.75, 3.05) is 11.8 Å². The molecule has 0 aliphatic rings. The second kappa shape index (κ2) is 4.26. The Balaban J connectivity index is 3.22. The van der Waals surface area contributed by atoms with Crippen molar-refractivity contribution in [3.8, 4) is 5.75 Å². The van der Waals surface area contributed by atoms with Crippen LogP contribution in [0.4, 0.5) is 5.69 Å². The third-order valence-electron chi connectivity index (χ3n) is 1.73. The van der Waals surface area contributed by atoms with Crippen LogP contribution in [0, 0.1) is 6.92 Å². The first-order chi connectivity index (χ1) is 6.83. The standard InChI is InChI=1S/C8H11ClN2O3S/c1-5-3-7(11-15(10,12)13)8(14-2)4-6(5)9/h3-4,11H,1-2H3,(H2,10,12,13). The van der Waals surface area contributed by atoms with E-state index < -0.39 is 10.2 Å². The van der Waals surface area contributed by atoms with Gasteiger partial charge in [0.25, 0.3) is 10.2 Å². The molecule has 1 aromatic carbocycles. The van der Waals surface area contributed by atoms with Gasteiger partial charge < -0.3 is 4.74 Å². The molecule has 0 saturated carbocycles. The monoisotopic (exact) mass is 250 g/mol. The molecular weight excluding hydrogens is 240 g/mol. The van der Waals surface area contributed by atoms with Crippen molar-refractivity contribution >= 4 is 27.5 Å². The predicted molar refractivity (Wildman–Crippen MR) is 59.5 cm³/mol. The van der Waals surface area contributed by atoms with E-state index in [1.165, 1.54) is 13.2 Å². The molecule has 15 heavy (non-hydrogen) atoms. The Kier molecular flexibility index (Phi) is 3.43. The lowest BCUT2D eigenvalue weighted by Crippen LogP contribution is -2.22. The highest BCUT2D eigenvalue weighted by Gasteiger charge is 2.10. The van der Waals surface area contributed by atoms with Gasteiger partial charge in [-0.2, -0.15) is 8.42 Å². The van der Waals surface area contributed by atoms with E-state index in [1.807, 2.05) is 0 Å². The van der Waals surface area contributed by atoms with Gasteiger partial charge in [0.05, 0.1) is 12.8 Å². The van der Waals surface area contributed by atoms with Gasteiger partial charge in [-0.05, 0) is 18.6 Å². The fourth-order valence-electron chi connectivity index (χ4n) is 1.07. The Morgan fingerprint density at radius 3 is 2.53 bits per heavy atom. The lowest BCUT2D eigenvalue weighted by Gasteiger charge is -2.11. The van der Waals surface area contributed by atoms with E-state index in [2.05, 4.69) is 4.72 Å². The van der Waals surface area contributed by atoms with E-state index in [0.717, 1.165) is 5.56 Å². The van der Waals surface area contributed by atoms with Crippen molar-refractivity contribution < 1.29 is 13.2 Å². The smallest absolute Gasteiger partial charge is 0.296 e. The molecule has 0 radical (unpaired) electrons. The van der Waals surface area contributed by atoms with Gasteiger partial charge in [-0.25, -0.2) is 5.14 Å². The molecule has 0 spiro atoms. The van der Waals surface area contributed by atoms with Crippen molar-refractivity contribution in [3.05, 3.63) is 22.7 Å². The normalized spacial score (nSPS) is 11.2. The van der Waals surface area contributed by atoms with Crippen LogP contribution in [0.5, 0.6) is 5.75 Å². The molecule has 0 heterocycles. The molecule has 0 aliphatic carbocycles. The number of nitrogens with one attached hydrogen (secondary N) is 1. The molecule has 0 saturated heterocycles. The maximum Gasteiger partial charge on any atom is 0.296 e. The number of nitrogens with two attached hydrogens (primary N) is 1. The van der Waals surface area contributed by atoms with Crippen LogP contribution in [0.1, 0.15) is 5.56 Å². The third-order valence-corrected chi connectivity index (χ3v) is 2.64. The Morgan fingerprint density at radius 2 is 2.07 bits per heavy atom. The van der Waals surface area contributed by atoms with Crippen molar-refractivity contribution in [3.63, 3.8) is 0 Å². The first-order valence-electron chi connectivity index (χ1n) is 3.98. The second-order valence-corrected chi connectivity index (χ2v) is 4.65. The first kappa shape index (κ1) is 12.1. The number of anilines is 1. The van der Waals surface area contributed by atoms with Crippen molar-refractivity contribution in [1.82, 2.24) is 0 Å². The zero-order valence-corrected chi connectivity index (χ0v) is 9.82. The molecule has 0 bridgehead atoms. The van der Waals surface area contributed by atoms with Gasteiger partial charge in [-0.1, -0.05) is 11.6 Å². The van der Waals surface area contributed by atoms with Crippen LogP contribution in [0.25, 0.3) is 0 Å². The molecule has 0 atom stereocenters. The number of hydrogen-bond acceptors (Lipinski definition) is 3. The van der Waals surface area contributed by atoms with E-state index in [1.54, 1.807) is 13.0 Å². The lowest BCUT2D eigenvalue weighted by molar-refractivity contribution is 0.417. The molecule has 0 aromatic heterocycles. The number of rotatable bonds is 3.